The number of carbonyl (C=O) groups is 1. The Hall–Kier alpha value is -1.55. The van der Waals surface area contributed by atoms with Crippen LogP contribution in [0, 0.1) is 0 Å². The van der Waals surface area contributed by atoms with Crippen LogP contribution in [0.3, 0.4) is 0 Å². The van der Waals surface area contributed by atoms with Gasteiger partial charge in [0.05, 0.1) is 7.11 Å². The van der Waals surface area contributed by atoms with E-state index in [0.717, 1.165) is 51.0 Å². The summed E-state index contributed by atoms with van der Waals surface area (Å²) >= 11 is 0. The van der Waals surface area contributed by atoms with Crippen LogP contribution in [-0.2, 0) is 11.3 Å². The van der Waals surface area contributed by atoms with Gasteiger partial charge in [-0.05, 0) is 17.7 Å². The van der Waals surface area contributed by atoms with Crippen molar-refractivity contribution in [2.24, 2.45) is 4.99 Å². The lowest BCUT2D eigenvalue weighted by molar-refractivity contribution is -0.130. The largest absolute Gasteiger partial charge is 0.497 e. The molecule has 2 N–H and O–H groups in total. The van der Waals surface area contributed by atoms with Gasteiger partial charge in [-0.3, -0.25) is 14.7 Å². The zero-order valence-corrected chi connectivity index (χ0v) is 18.2. The molecule has 26 heavy (non-hydrogen) atoms. The van der Waals surface area contributed by atoms with E-state index in [2.05, 4.69) is 20.5 Å². The van der Waals surface area contributed by atoms with E-state index in [-0.39, 0.29) is 29.9 Å². The number of rotatable bonds is 6. The van der Waals surface area contributed by atoms with Crippen molar-refractivity contribution in [3.05, 3.63) is 29.8 Å². The molecule has 1 aliphatic rings. The van der Waals surface area contributed by atoms with Crippen LogP contribution < -0.4 is 15.4 Å². The molecule has 1 saturated heterocycles. The van der Waals surface area contributed by atoms with Crippen LogP contribution in [0.1, 0.15) is 12.5 Å². The molecule has 1 heterocycles. The molecule has 0 aromatic heterocycles. The molecule has 0 unspecified atom stereocenters. The first-order valence-electron chi connectivity index (χ1n) is 8.67. The van der Waals surface area contributed by atoms with E-state index in [1.165, 1.54) is 5.56 Å². The molecular formula is C18H30IN5O2. The highest BCUT2D eigenvalue weighted by atomic mass is 127. The second kappa shape index (κ2) is 11.9. The van der Waals surface area contributed by atoms with E-state index in [0.29, 0.717) is 6.54 Å². The number of amides is 1. The smallest absolute Gasteiger partial charge is 0.219 e. The summed E-state index contributed by atoms with van der Waals surface area (Å²) < 4.78 is 5.16. The van der Waals surface area contributed by atoms with Crippen molar-refractivity contribution >= 4 is 35.8 Å². The van der Waals surface area contributed by atoms with Crippen LogP contribution in [-0.4, -0.2) is 75.1 Å². The summed E-state index contributed by atoms with van der Waals surface area (Å²) in [6.45, 7) is 7.60. The van der Waals surface area contributed by atoms with Gasteiger partial charge in [-0.1, -0.05) is 12.1 Å². The fraction of sp³-hybridized carbons (Fsp3) is 0.556. The first kappa shape index (κ1) is 22.5. The van der Waals surface area contributed by atoms with Crippen molar-refractivity contribution in [1.82, 2.24) is 20.4 Å². The number of benzene rings is 1. The summed E-state index contributed by atoms with van der Waals surface area (Å²) in [6, 6.07) is 7.98. The minimum atomic E-state index is 0. The number of ether oxygens (including phenoxy) is 1. The number of piperazine rings is 1. The average molecular weight is 475 g/mol. The minimum Gasteiger partial charge on any atom is -0.497 e. The molecule has 1 amide bonds. The molecule has 8 heteroatoms. The molecule has 0 radical (unpaired) electrons. The fourth-order valence-electron chi connectivity index (χ4n) is 2.77. The van der Waals surface area contributed by atoms with E-state index in [1.54, 1.807) is 21.1 Å². The second-order valence-corrected chi connectivity index (χ2v) is 6.05. The first-order valence-corrected chi connectivity index (χ1v) is 8.67. The van der Waals surface area contributed by atoms with Crippen molar-refractivity contribution in [1.29, 1.82) is 0 Å². The van der Waals surface area contributed by atoms with Gasteiger partial charge in [0.2, 0.25) is 5.91 Å². The Kier molecular flexibility index (Phi) is 10.3. The van der Waals surface area contributed by atoms with Crippen LogP contribution in [0.2, 0.25) is 0 Å². The molecule has 0 spiro atoms. The normalized spacial score (nSPS) is 15.2. The molecule has 0 aliphatic carbocycles. The van der Waals surface area contributed by atoms with Gasteiger partial charge in [-0.25, -0.2) is 0 Å². The number of guanidine groups is 1. The van der Waals surface area contributed by atoms with Crippen LogP contribution in [0.25, 0.3) is 0 Å². The number of methoxy groups -OCH3 is 1. The maximum Gasteiger partial charge on any atom is 0.219 e. The molecular weight excluding hydrogens is 445 g/mol. The number of aliphatic imine (C=N–C) groups is 1. The predicted molar refractivity (Wildman–Crippen MR) is 115 cm³/mol. The van der Waals surface area contributed by atoms with Gasteiger partial charge in [0.25, 0.3) is 0 Å². The van der Waals surface area contributed by atoms with Crippen molar-refractivity contribution < 1.29 is 9.53 Å². The van der Waals surface area contributed by atoms with Gasteiger partial charge >= 0.3 is 0 Å². The predicted octanol–water partition coefficient (Wildman–Crippen LogP) is 1.14. The zero-order chi connectivity index (χ0) is 18.1. The topological polar surface area (TPSA) is 69.2 Å². The lowest BCUT2D eigenvalue weighted by atomic mass is 10.2. The molecule has 0 bridgehead atoms. The summed E-state index contributed by atoms with van der Waals surface area (Å²) in [5.74, 6) is 1.82. The Morgan fingerprint density at radius 3 is 2.35 bits per heavy atom. The molecule has 7 nitrogen and oxygen atoms in total. The van der Waals surface area contributed by atoms with Gasteiger partial charge < -0.3 is 20.3 Å². The number of nitrogens with one attached hydrogen (secondary N) is 2. The number of carbonyl (C=O) groups excluding carboxylic acids is 1. The SMILES string of the molecule is CN=C(NCCN1CCN(C(C)=O)CC1)NCc1ccc(OC)cc1.I. The van der Waals surface area contributed by atoms with Gasteiger partial charge in [-0.2, -0.15) is 0 Å². The highest BCUT2D eigenvalue weighted by Crippen LogP contribution is 2.10. The van der Waals surface area contributed by atoms with Crippen LogP contribution in [0.5, 0.6) is 5.75 Å². The van der Waals surface area contributed by atoms with Crippen molar-refractivity contribution in [2.75, 3.05) is 53.4 Å². The maximum atomic E-state index is 11.3. The van der Waals surface area contributed by atoms with Crippen molar-refractivity contribution in [3.8, 4) is 5.75 Å². The average Bonchev–Trinajstić information content (AvgIpc) is 2.65. The molecule has 1 fully saturated rings. The van der Waals surface area contributed by atoms with Crippen LogP contribution in [0.4, 0.5) is 0 Å². The fourth-order valence-corrected chi connectivity index (χ4v) is 2.77. The highest BCUT2D eigenvalue weighted by molar-refractivity contribution is 14.0. The number of hydrogen-bond donors (Lipinski definition) is 2. The molecule has 1 aromatic rings. The Bertz CT molecular complexity index is 571. The third-order valence-electron chi connectivity index (χ3n) is 4.38. The van der Waals surface area contributed by atoms with E-state index in [9.17, 15) is 4.79 Å². The van der Waals surface area contributed by atoms with Gasteiger partial charge in [0, 0.05) is 59.8 Å². The number of nitrogens with zero attached hydrogens (tertiary/aromatic N) is 3. The first-order chi connectivity index (χ1) is 12.1. The monoisotopic (exact) mass is 475 g/mol. The number of halogens is 1. The molecule has 1 aliphatic heterocycles. The van der Waals surface area contributed by atoms with Crippen LogP contribution >= 0.6 is 24.0 Å². The summed E-state index contributed by atoms with van der Waals surface area (Å²) in [6.07, 6.45) is 0. The van der Waals surface area contributed by atoms with Crippen molar-refractivity contribution in [2.45, 2.75) is 13.5 Å². The minimum absolute atomic E-state index is 0. The summed E-state index contributed by atoms with van der Waals surface area (Å²) in [7, 11) is 3.44. The second-order valence-electron chi connectivity index (χ2n) is 6.05. The van der Waals surface area contributed by atoms with Crippen LogP contribution in [0.15, 0.2) is 29.3 Å². The Labute approximate surface area is 173 Å². The molecule has 0 saturated carbocycles. The van der Waals surface area contributed by atoms with E-state index in [1.807, 2.05) is 29.2 Å². The lowest BCUT2D eigenvalue weighted by Gasteiger charge is -2.34. The standard InChI is InChI=1S/C18H29N5O2.HI/c1-15(24)23-12-10-22(11-13-23)9-8-20-18(19-2)21-14-16-4-6-17(25-3)7-5-16;/h4-7H,8-14H2,1-3H3,(H2,19,20,21);1H. The third-order valence-corrected chi connectivity index (χ3v) is 4.38. The lowest BCUT2D eigenvalue weighted by Crippen LogP contribution is -2.50. The molecule has 0 atom stereocenters. The summed E-state index contributed by atoms with van der Waals surface area (Å²) in [4.78, 5) is 19.9. The summed E-state index contributed by atoms with van der Waals surface area (Å²) in [5.41, 5.74) is 1.17. The van der Waals surface area contributed by atoms with E-state index < -0.39 is 0 Å². The number of hydrogen-bond acceptors (Lipinski definition) is 4. The maximum absolute atomic E-state index is 11.3. The van der Waals surface area contributed by atoms with Crippen molar-refractivity contribution in [3.63, 3.8) is 0 Å². The summed E-state index contributed by atoms with van der Waals surface area (Å²) in [5, 5.41) is 6.65. The Morgan fingerprint density at radius 2 is 1.81 bits per heavy atom. The molecule has 2 rings (SSSR count). The quantitative estimate of drug-likeness (QED) is 0.367. The molecule has 1 aromatic carbocycles. The van der Waals surface area contributed by atoms with Gasteiger partial charge in [0.1, 0.15) is 5.75 Å². The third kappa shape index (κ3) is 7.36. The van der Waals surface area contributed by atoms with E-state index in [4.69, 9.17) is 4.74 Å². The van der Waals surface area contributed by atoms with E-state index >= 15 is 0 Å². The highest BCUT2D eigenvalue weighted by Gasteiger charge is 2.17. The van der Waals surface area contributed by atoms with Gasteiger partial charge in [0.15, 0.2) is 5.96 Å². The van der Waals surface area contributed by atoms with Gasteiger partial charge in [-0.15, -0.1) is 24.0 Å². The Balaban J connectivity index is 0.00000338. The zero-order valence-electron chi connectivity index (χ0n) is 15.8. The molecule has 146 valence electrons. The Morgan fingerprint density at radius 1 is 1.15 bits per heavy atom.